The van der Waals surface area contributed by atoms with Crippen LogP contribution in [-0.4, -0.2) is 4.98 Å². The summed E-state index contributed by atoms with van der Waals surface area (Å²) in [6.45, 7) is 0. The highest BCUT2D eigenvalue weighted by Crippen LogP contribution is 2.29. The van der Waals surface area contributed by atoms with E-state index in [-0.39, 0.29) is 0 Å². The Morgan fingerprint density at radius 2 is 1.71 bits per heavy atom. The van der Waals surface area contributed by atoms with Crippen LogP contribution in [0.3, 0.4) is 0 Å². The van der Waals surface area contributed by atoms with Gasteiger partial charge in [0.05, 0.1) is 5.52 Å². The molecule has 1 N–H and O–H groups in total. The van der Waals surface area contributed by atoms with Crippen LogP contribution in [-0.2, 0) is 0 Å². The molecule has 84 valence electrons. The summed E-state index contributed by atoms with van der Waals surface area (Å²) in [6, 6.07) is 16.7. The Bertz CT molecular complexity index is 686. The van der Waals surface area contributed by atoms with Crippen LogP contribution >= 0.6 is 31.9 Å². The molecule has 0 aliphatic carbocycles. The molecule has 1 nitrogen and oxygen atoms in total. The smallest absolute Gasteiger partial charge is 0.0603 e. The molecule has 2 aromatic carbocycles. The predicted molar refractivity (Wildman–Crippen MR) is 79.1 cm³/mol. The van der Waals surface area contributed by atoms with Crippen molar-refractivity contribution in [1.29, 1.82) is 0 Å². The Morgan fingerprint density at radius 1 is 0.882 bits per heavy atom. The molecule has 0 aliphatic heterocycles. The zero-order valence-corrected chi connectivity index (χ0v) is 12.0. The van der Waals surface area contributed by atoms with Crippen molar-refractivity contribution < 1.29 is 0 Å². The second kappa shape index (κ2) is 4.31. The van der Waals surface area contributed by atoms with Gasteiger partial charge in [0.1, 0.15) is 0 Å². The molecule has 0 bridgehead atoms. The molecule has 0 atom stereocenters. The summed E-state index contributed by atoms with van der Waals surface area (Å²) in [4.78, 5) is 3.44. The summed E-state index contributed by atoms with van der Waals surface area (Å²) in [7, 11) is 0. The third-order valence-electron chi connectivity index (χ3n) is 2.74. The third-order valence-corrected chi connectivity index (χ3v) is 3.90. The van der Waals surface area contributed by atoms with Crippen molar-refractivity contribution in [3.8, 4) is 11.3 Å². The number of aromatic nitrogens is 1. The number of halogens is 2. The Kier molecular flexibility index (Phi) is 2.81. The molecule has 17 heavy (non-hydrogen) atoms. The monoisotopic (exact) mass is 349 g/mol. The van der Waals surface area contributed by atoms with Gasteiger partial charge < -0.3 is 4.98 Å². The van der Waals surface area contributed by atoms with E-state index in [0.717, 1.165) is 20.2 Å². The van der Waals surface area contributed by atoms with Gasteiger partial charge in [-0.2, -0.15) is 0 Å². The number of H-pyrrole nitrogens is 1. The predicted octanol–water partition coefficient (Wildman–Crippen LogP) is 5.36. The van der Waals surface area contributed by atoms with Crippen molar-refractivity contribution in [1.82, 2.24) is 4.98 Å². The van der Waals surface area contributed by atoms with E-state index in [1.54, 1.807) is 0 Å². The first-order chi connectivity index (χ1) is 8.24. The van der Waals surface area contributed by atoms with Crippen LogP contribution in [0.4, 0.5) is 0 Å². The maximum atomic E-state index is 3.56. The molecular weight excluding hydrogens is 342 g/mol. The summed E-state index contributed by atoms with van der Waals surface area (Å²) in [5, 5.41) is 1.22. The van der Waals surface area contributed by atoms with Gasteiger partial charge in [-0.1, -0.05) is 40.2 Å². The highest BCUT2D eigenvalue weighted by molar-refractivity contribution is 9.11. The van der Waals surface area contributed by atoms with E-state index < -0.39 is 0 Å². The van der Waals surface area contributed by atoms with Gasteiger partial charge in [-0.05, 0) is 45.8 Å². The summed E-state index contributed by atoms with van der Waals surface area (Å²) in [6.07, 6.45) is 0. The second-order valence-corrected chi connectivity index (χ2v) is 5.67. The average Bonchev–Trinajstić information content (AvgIpc) is 2.74. The van der Waals surface area contributed by atoms with Gasteiger partial charge in [0, 0.05) is 20.0 Å². The molecule has 0 saturated heterocycles. The van der Waals surface area contributed by atoms with Crippen molar-refractivity contribution in [3.05, 3.63) is 57.5 Å². The number of aromatic amines is 1. The molecule has 0 fully saturated rings. The standard InChI is InChI=1S/C14H9Br2N/c15-11-5-1-3-9(7-11)13-8-10-4-2-6-12(16)14(10)17-13/h1-8,17H. The highest BCUT2D eigenvalue weighted by Gasteiger charge is 2.05. The minimum Gasteiger partial charge on any atom is -0.354 e. The summed E-state index contributed by atoms with van der Waals surface area (Å²) in [5.41, 5.74) is 3.46. The Labute approximate surface area is 116 Å². The van der Waals surface area contributed by atoms with Crippen LogP contribution < -0.4 is 0 Å². The fourth-order valence-electron chi connectivity index (χ4n) is 1.93. The molecule has 0 spiro atoms. The zero-order chi connectivity index (χ0) is 11.8. The van der Waals surface area contributed by atoms with Crippen molar-refractivity contribution >= 4 is 42.8 Å². The first-order valence-corrected chi connectivity index (χ1v) is 6.86. The van der Waals surface area contributed by atoms with Crippen LogP contribution in [0, 0.1) is 0 Å². The second-order valence-electron chi connectivity index (χ2n) is 3.90. The van der Waals surface area contributed by atoms with Gasteiger partial charge in [-0.15, -0.1) is 0 Å². The lowest BCUT2D eigenvalue weighted by Gasteiger charge is -1.98. The number of hydrogen-bond acceptors (Lipinski definition) is 0. The van der Waals surface area contributed by atoms with E-state index >= 15 is 0 Å². The number of hydrogen-bond donors (Lipinski definition) is 1. The maximum Gasteiger partial charge on any atom is 0.0603 e. The number of fused-ring (bicyclic) bond motifs is 1. The van der Waals surface area contributed by atoms with E-state index in [1.807, 2.05) is 24.3 Å². The average molecular weight is 351 g/mol. The van der Waals surface area contributed by atoms with Crippen LogP contribution in [0.25, 0.3) is 22.2 Å². The topological polar surface area (TPSA) is 15.8 Å². The SMILES string of the molecule is Brc1cccc(-c2cc3cccc(Br)c3[nH]2)c1. The van der Waals surface area contributed by atoms with Gasteiger partial charge >= 0.3 is 0 Å². The van der Waals surface area contributed by atoms with Gasteiger partial charge in [-0.25, -0.2) is 0 Å². The number of benzene rings is 2. The highest BCUT2D eigenvalue weighted by atomic mass is 79.9. The fraction of sp³-hybridized carbons (Fsp3) is 0. The van der Waals surface area contributed by atoms with E-state index in [2.05, 4.69) is 61.1 Å². The van der Waals surface area contributed by atoms with Gasteiger partial charge in [0.15, 0.2) is 0 Å². The molecule has 1 heterocycles. The zero-order valence-electron chi connectivity index (χ0n) is 8.87. The van der Waals surface area contributed by atoms with E-state index in [4.69, 9.17) is 0 Å². The molecule has 3 rings (SSSR count). The number of para-hydroxylation sites is 1. The van der Waals surface area contributed by atoms with Crippen molar-refractivity contribution in [2.45, 2.75) is 0 Å². The van der Waals surface area contributed by atoms with Crippen LogP contribution in [0.5, 0.6) is 0 Å². The van der Waals surface area contributed by atoms with Crippen LogP contribution in [0.1, 0.15) is 0 Å². The largest absolute Gasteiger partial charge is 0.354 e. The quantitative estimate of drug-likeness (QED) is 0.608. The molecule has 0 unspecified atom stereocenters. The van der Waals surface area contributed by atoms with E-state index in [0.29, 0.717) is 0 Å². The fourth-order valence-corrected chi connectivity index (χ4v) is 2.81. The van der Waals surface area contributed by atoms with Crippen LogP contribution in [0.15, 0.2) is 57.5 Å². The van der Waals surface area contributed by atoms with Crippen molar-refractivity contribution in [3.63, 3.8) is 0 Å². The molecule has 3 heteroatoms. The van der Waals surface area contributed by atoms with Gasteiger partial charge in [0.2, 0.25) is 0 Å². The molecule has 0 saturated carbocycles. The van der Waals surface area contributed by atoms with Crippen molar-refractivity contribution in [2.24, 2.45) is 0 Å². The van der Waals surface area contributed by atoms with E-state index in [9.17, 15) is 0 Å². The molecular formula is C14H9Br2N. The molecule has 1 aromatic heterocycles. The molecule has 0 aliphatic rings. The Morgan fingerprint density at radius 3 is 2.47 bits per heavy atom. The number of nitrogens with one attached hydrogen (secondary N) is 1. The Hall–Kier alpha value is -1.06. The lowest BCUT2D eigenvalue weighted by Crippen LogP contribution is -1.76. The molecule has 0 radical (unpaired) electrons. The van der Waals surface area contributed by atoms with Gasteiger partial charge in [-0.3, -0.25) is 0 Å². The lowest BCUT2D eigenvalue weighted by molar-refractivity contribution is 1.44. The third kappa shape index (κ3) is 2.05. The molecule has 3 aromatic rings. The number of rotatable bonds is 1. The first kappa shape index (κ1) is 11.1. The lowest BCUT2D eigenvalue weighted by atomic mass is 10.1. The maximum absolute atomic E-state index is 3.56. The normalized spacial score (nSPS) is 10.9. The summed E-state index contributed by atoms with van der Waals surface area (Å²) >= 11 is 7.05. The van der Waals surface area contributed by atoms with E-state index in [1.165, 1.54) is 10.9 Å². The Balaban J connectivity index is 2.22. The molecule has 0 amide bonds. The first-order valence-electron chi connectivity index (χ1n) is 5.27. The summed E-state index contributed by atoms with van der Waals surface area (Å²) in [5.74, 6) is 0. The minimum atomic E-state index is 1.09. The van der Waals surface area contributed by atoms with Gasteiger partial charge in [0.25, 0.3) is 0 Å². The van der Waals surface area contributed by atoms with Crippen LogP contribution in [0.2, 0.25) is 0 Å². The summed E-state index contributed by atoms with van der Waals surface area (Å²) < 4.78 is 2.18. The minimum absolute atomic E-state index is 1.09. The van der Waals surface area contributed by atoms with Crippen molar-refractivity contribution in [2.75, 3.05) is 0 Å².